The van der Waals surface area contributed by atoms with Crippen LogP contribution in [0.5, 0.6) is 0 Å². The van der Waals surface area contributed by atoms with E-state index in [4.69, 9.17) is 0 Å². The van der Waals surface area contributed by atoms with Crippen molar-refractivity contribution in [1.29, 1.82) is 0 Å². The lowest BCUT2D eigenvalue weighted by molar-refractivity contribution is -0.255. The molecular formula is C14H11FNO4S-. The van der Waals surface area contributed by atoms with Crippen LogP contribution in [-0.4, -0.2) is 14.4 Å². The van der Waals surface area contributed by atoms with Crippen LogP contribution < -0.4 is 9.83 Å². The number of rotatable bonds is 4. The Labute approximate surface area is 121 Å². The number of carbonyl (C=O) groups is 1. The summed E-state index contributed by atoms with van der Waals surface area (Å²) in [4.78, 5) is 10.5. The second-order valence-electron chi connectivity index (χ2n) is 4.38. The standard InChI is InChI=1S/C14H12FNO4S/c1-9-5-6-11(15)8-13(9)21(19,20)16-12-4-2-3-10(7-12)14(17)18/h2-8,16H,1H3,(H,17,18)/p-1. The Morgan fingerprint density at radius 2 is 1.90 bits per heavy atom. The number of anilines is 1. The van der Waals surface area contributed by atoms with Gasteiger partial charge in [0.1, 0.15) is 5.82 Å². The fraction of sp³-hybridized carbons (Fsp3) is 0.0714. The van der Waals surface area contributed by atoms with E-state index in [1.54, 1.807) is 0 Å². The fourth-order valence-corrected chi connectivity index (χ4v) is 3.09. The van der Waals surface area contributed by atoms with E-state index in [2.05, 4.69) is 4.72 Å². The average molecular weight is 308 g/mol. The Bertz CT molecular complexity index is 802. The van der Waals surface area contributed by atoms with Gasteiger partial charge < -0.3 is 9.90 Å². The molecule has 0 atom stereocenters. The minimum Gasteiger partial charge on any atom is -0.545 e. The van der Waals surface area contributed by atoms with Gasteiger partial charge in [0.2, 0.25) is 0 Å². The molecule has 0 saturated heterocycles. The highest BCUT2D eigenvalue weighted by atomic mass is 32.2. The summed E-state index contributed by atoms with van der Waals surface area (Å²) < 4.78 is 39.9. The zero-order valence-corrected chi connectivity index (χ0v) is 11.8. The lowest BCUT2D eigenvalue weighted by atomic mass is 10.2. The molecule has 110 valence electrons. The monoisotopic (exact) mass is 308 g/mol. The van der Waals surface area contributed by atoms with Crippen molar-refractivity contribution in [3.05, 3.63) is 59.4 Å². The van der Waals surface area contributed by atoms with Gasteiger partial charge in [-0.25, -0.2) is 12.8 Å². The van der Waals surface area contributed by atoms with Crippen LogP contribution in [0.15, 0.2) is 47.4 Å². The first-order valence-electron chi connectivity index (χ1n) is 5.90. The van der Waals surface area contributed by atoms with Gasteiger partial charge in [-0.2, -0.15) is 0 Å². The van der Waals surface area contributed by atoms with Gasteiger partial charge in [-0.1, -0.05) is 18.2 Å². The van der Waals surface area contributed by atoms with Crippen molar-refractivity contribution in [2.75, 3.05) is 4.72 Å². The Morgan fingerprint density at radius 1 is 1.19 bits per heavy atom. The van der Waals surface area contributed by atoms with E-state index >= 15 is 0 Å². The first-order valence-corrected chi connectivity index (χ1v) is 7.38. The number of carbonyl (C=O) groups excluding carboxylic acids is 1. The topological polar surface area (TPSA) is 86.3 Å². The molecule has 0 amide bonds. The Hall–Kier alpha value is -2.41. The molecule has 1 N–H and O–H groups in total. The Morgan fingerprint density at radius 3 is 2.57 bits per heavy atom. The molecule has 0 aliphatic heterocycles. The van der Waals surface area contributed by atoms with E-state index in [1.165, 1.54) is 31.2 Å². The molecular weight excluding hydrogens is 297 g/mol. The number of sulfonamides is 1. The first-order chi connectivity index (χ1) is 9.79. The number of hydrogen-bond donors (Lipinski definition) is 1. The minimum atomic E-state index is -4.01. The molecule has 0 aliphatic carbocycles. The third-order valence-electron chi connectivity index (χ3n) is 2.79. The summed E-state index contributed by atoms with van der Waals surface area (Å²) in [6.07, 6.45) is 0. The molecule has 0 spiro atoms. The number of carboxylic acid groups (broad SMARTS) is 1. The van der Waals surface area contributed by atoms with E-state index in [9.17, 15) is 22.7 Å². The predicted octanol–water partition coefficient (Wildman–Crippen LogP) is 1.30. The number of hydrogen-bond acceptors (Lipinski definition) is 4. The van der Waals surface area contributed by atoms with Crippen molar-refractivity contribution in [2.45, 2.75) is 11.8 Å². The molecule has 7 heteroatoms. The van der Waals surface area contributed by atoms with Gasteiger partial charge in [0.25, 0.3) is 10.0 Å². The van der Waals surface area contributed by atoms with Crippen molar-refractivity contribution < 1.29 is 22.7 Å². The zero-order chi connectivity index (χ0) is 15.6. The van der Waals surface area contributed by atoms with Crippen LogP contribution in [-0.2, 0) is 10.0 Å². The van der Waals surface area contributed by atoms with E-state index in [1.807, 2.05) is 0 Å². The van der Waals surface area contributed by atoms with Crippen LogP contribution in [0.1, 0.15) is 15.9 Å². The second-order valence-corrected chi connectivity index (χ2v) is 6.03. The number of benzene rings is 2. The summed E-state index contributed by atoms with van der Waals surface area (Å²) in [6.45, 7) is 1.53. The number of nitrogens with one attached hydrogen (secondary N) is 1. The first kappa shape index (κ1) is 15.0. The second kappa shape index (κ2) is 5.53. The van der Waals surface area contributed by atoms with Gasteiger partial charge >= 0.3 is 0 Å². The third kappa shape index (κ3) is 3.38. The van der Waals surface area contributed by atoms with Gasteiger partial charge in [0, 0.05) is 5.69 Å². The molecule has 5 nitrogen and oxygen atoms in total. The number of aromatic carboxylic acids is 1. The molecule has 0 bridgehead atoms. The number of aryl methyl sites for hydroxylation is 1. The van der Waals surface area contributed by atoms with Crippen LogP contribution in [0.25, 0.3) is 0 Å². The van der Waals surface area contributed by atoms with Gasteiger partial charge in [0.05, 0.1) is 10.9 Å². The largest absolute Gasteiger partial charge is 0.545 e. The van der Waals surface area contributed by atoms with Crippen molar-refractivity contribution >= 4 is 21.7 Å². The molecule has 0 heterocycles. The lowest BCUT2D eigenvalue weighted by Crippen LogP contribution is -2.22. The molecule has 0 fully saturated rings. The highest BCUT2D eigenvalue weighted by Crippen LogP contribution is 2.20. The summed E-state index contributed by atoms with van der Waals surface area (Å²) in [7, 11) is -4.01. The van der Waals surface area contributed by atoms with E-state index in [0.717, 1.165) is 18.2 Å². The SMILES string of the molecule is Cc1ccc(F)cc1S(=O)(=O)Nc1cccc(C(=O)[O-])c1. The molecule has 2 rings (SSSR count). The van der Waals surface area contributed by atoms with Crippen LogP contribution in [0.2, 0.25) is 0 Å². The van der Waals surface area contributed by atoms with Crippen molar-refractivity contribution in [1.82, 2.24) is 0 Å². The molecule has 0 saturated carbocycles. The highest BCUT2D eigenvalue weighted by Gasteiger charge is 2.18. The molecule has 0 radical (unpaired) electrons. The number of carboxylic acids is 1. The summed E-state index contributed by atoms with van der Waals surface area (Å²) in [5, 5.41) is 10.7. The quantitative estimate of drug-likeness (QED) is 0.922. The summed E-state index contributed by atoms with van der Waals surface area (Å²) >= 11 is 0. The van der Waals surface area contributed by atoms with Gasteiger partial charge in [0.15, 0.2) is 0 Å². The highest BCUT2D eigenvalue weighted by molar-refractivity contribution is 7.92. The van der Waals surface area contributed by atoms with Crippen molar-refractivity contribution in [3.8, 4) is 0 Å². The maximum Gasteiger partial charge on any atom is 0.262 e. The lowest BCUT2D eigenvalue weighted by Gasteiger charge is -2.11. The van der Waals surface area contributed by atoms with Crippen LogP contribution in [0.3, 0.4) is 0 Å². The van der Waals surface area contributed by atoms with E-state index in [-0.39, 0.29) is 16.1 Å². The third-order valence-corrected chi connectivity index (χ3v) is 4.31. The normalized spacial score (nSPS) is 11.1. The molecule has 0 unspecified atom stereocenters. The minimum absolute atomic E-state index is 0.0559. The molecule has 21 heavy (non-hydrogen) atoms. The maximum atomic E-state index is 13.2. The smallest absolute Gasteiger partial charge is 0.262 e. The predicted molar refractivity (Wildman–Crippen MR) is 72.7 cm³/mol. The van der Waals surface area contributed by atoms with Gasteiger partial charge in [-0.15, -0.1) is 0 Å². The van der Waals surface area contributed by atoms with Crippen LogP contribution in [0, 0.1) is 12.7 Å². The molecule has 2 aromatic rings. The van der Waals surface area contributed by atoms with Crippen LogP contribution in [0.4, 0.5) is 10.1 Å². The summed E-state index contributed by atoms with van der Waals surface area (Å²) in [5.41, 5.74) is 0.270. The zero-order valence-electron chi connectivity index (χ0n) is 11.0. The Kier molecular flexibility index (Phi) is 3.95. The summed E-state index contributed by atoms with van der Waals surface area (Å²) in [5.74, 6) is -2.09. The van der Waals surface area contributed by atoms with E-state index in [0.29, 0.717) is 5.56 Å². The van der Waals surface area contributed by atoms with Gasteiger partial charge in [-0.05, 0) is 42.3 Å². The van der Waals surface area contributed by atoms with E-state index < -0.39 is 21.8 Å². The molecule has 0 aliphatic rings. The maximum absolute atomic E-state index is 13.2. The van der Waals surface area contributed by atoms with Crippen LogP contribution >= 0.6 is 0 Å². The molecule has 2 aromatic carbocycles. The Balaban J connectivity index is 2.40. The van der Waals surface area contributed by atoms with Crippen molar-refractivity contribution in [2.24, 2.45) is 0 Å². The van der Waals surface area contributed by atoms with Gasteiger partial charge in [-0.3, -0.25) is 4.72 Å². The van der Waals surface area contributed by atoms with Crippen molar-refractivity contribution in [3.63, 3.8) is 0 Å². The molecule has 0 aromatic heterocycles. The average Bonchev–Trinajstić information content (AvgIpc) is 2.41. The number of halogens is 1. The fourth-order valence-electron chi connectivity index (χ4n) is 1.78. The summed E-state index contributed by atoms with van der Waals surface area (Å²) in [6, 6.07) is 8.58.